The fourth-order valence-corrected chi connectivity index (χ4v) is 3.58. The SMILES string of the molecule is Fc1cccnc1CNc1nccc2oc(CCNCCc3ncc(CC4CC4)[n-]3)nc12.[Ir]. The number of nitrogens with one attached hydrogen (secondary N) is 2. The number of nitrogens with zero attached hydrogens (tertiary/aromatic N) is 5. The first-order valence-electron chi connectivity index (χ1n) is 11.0. The second-order valence-electron chi connectivity index (χ2n) is 8.07. The van der Waals surface area contributed by atoms with Gasteiger partial charge in [0.1, 0.15) is 5.82 Å². The Bertz CT molecular complexity index is 1190. The average molecular weight is 627 g/mol. The molecule has 5 rings (SSSR count). The van der Waals surface area contributed by atoms with E-state index in [0.717, 1.165) is 43.4 Å². The molecule has 1 saturated carbocycles. The van der Waals surface area contributed by atoms with Gasteiger partial charge in [-0.1, -0.05) is 17.7 Å². The van der Waals surface area contributed by atoms with E-state index in [-0.39, 0.29) is 32.5 Å². The number of oxazole rings is 1. The number of hydrogen-bond donors (Lipinski definition) is 2. The second-order valence-corrected chi connectivity index (χ2v) is 8.07. The average Bonchev–Trinajstić information content (AvgIpc) is 3.33. The minimum Gasteiger partial charge on any atom is -0.446 e. The Labute approximate surface area is 204 Å². The molecule has 1 aliphatic carbocycles. The van der Waals surface area contributed by atoms with Crippen LogP contribution in [0.5, 0.6) is 0 Å². The van der Waals surface area contributed by atoms with Gasteiger partial charge in [0.2, 0.25) is 0 Å². The van der Waals surface area contributed by atoms with Crippen molar-refractivity contribution < 1.29 is 28.9 Å². The molecule has 0 bridgehead atoms. The molecule has 0 amide bonds. The molecule has 0 spiro atoms. The summed E-state index contributed by atoms with van der Waals surface area (Å²) in [4.78, 5) is 22.0. The first-order chi connectivity index (χ1) is 15.7. The van der Waals surface area contributed by atoms with Crippen molar-refractivity contribution in [2.24, 2.45) is 5.92 Å². The Balaban J connectivity index is 0.00000259. The zero-order valence-corrected chi connectivity index (χ0v) is 20.4. The molecule has 4 heterocycles. The van der Waals surface area contributed by atoms with Crippen LogP contribution in [0.2, 0.25) is 0 Å². The molecule has 1 fully saturated rings. The summed E-state index contributed by atoms with van der Waals surface area (Å²) in [6.07, 6.45) is 10.3. The maximum Gasteiger partial charge on any atom is 0.196 e. The van der Waals surface area contributed by atoms with E-state index in [0.29, 0.717) is 34.9 Å². The summed E-state index contributed by atoms with van der Waals surface area (Å²) in [5.74, 6) is 2.55. The standard InChI is InChI=1S/C23H25FN7O.Ir/c24-17-2-1-8-26-18(17)14-29-23-22-19(5-11-27-23)32-21(31-22)7-10-25-9-6-20-28-13-16(30-20)12-15-3-4-15;/h1-2,5,8,11,13,15,25H,3-4,6-7,9-10,12,14H2,(H-,27,28,29,30);/q-1;. The smallest absolute Gasteiger partial charge is 0.196 e. The van der Waals surface area contributed by atoms with Gasteiger partial charge in [-0.25, -0.2) is 14.4 Å². The normalized spacial score (nSPS) is 13.2. The number of rotatable bonds is 11. The van der Waals surface area contributed by atoms with Gasteiger partial charge in [0, 0.05) is 51.5 Å². The van der Waals surface area contributed by atoms with Crippen LogP contribution >= 0.6 is 0 Å². The summed E-state index contributed by atoms with van der Waals surface area (Å²) in [6.45, 7) is 1.75. The van der Waals surface area contributed by atoms with Crippen LogP contribution in [0.1, 0.15) is 35.9 Å². The second kappa shape index (κ2) is 11.0. The van der Waals surface area contributed by atoms with Crippen molar-refractivity contribution in [3.8, 4) is 0 Å². The summed E-state index contributed by atoms with van der Waals surface area (Å²) < 4.78 is 19.7. The van der Waals surface area contributed by atoms with Gasteiger partial charge in [0.25, 0.3) is 0 Å². The van der Waals surface area contributed by atoms with Crippen LogP contribution in [0.15, 0.2) is 41.2 Å². The van der Waals surface area contributed by atoms with Crippen molar-refractivity contribution in [1.82, 2.24) is 30.2 Å². The molecule has 1 radical (unpaired) electrons. The molecule has 1 aliphatic rings. The van der Waals surface area contributed by atoms with Crippen LogP contribution in [0, 0.1) is 11.7 Å². The fraction of sp³-hybridized carbons (Fsp3) is 0.391. The van der Waals surface area contributed by atoms with E-state index in [1.54, 1.807) is 24.5 Å². The maximum absolute atomic E-state index is 13.8. The van der Waals surface area contributed by atoms with Crippen LogP contribution in [-0.4, -0.2) is 33.0 Å². The molecule has 8 nitrogen and oxygen atoms in total. The number of halogens is 1. The van der Waals surface area contributed by atoms with Crippen molar-refractivity contribution in [3.63, 3.8) is 0 Å². The van der Waals surface area contributed by atoms with E-state index in [2.05, 4.69) is 35.6 Å². The summed E-state index contributed by atoms with van der Waals surface area (Å²) in [5, 5.41) is 6.50. The monoisotopic (exact) mass is 627 g/mol. The molecule has 0 aliphatic heterocycles. The van der Waals surface area contributed by atoms with E-state index in [1.807, 2.05) is 6.20 Å². The number of hydrogen-bond acceptors (Lipinski definition) is 7. The van der Waals surface area contributed by atoms with Crippen molar-refractivity contribution in [2.45, 2.75) is 38.6 Å². The molecule has 175 valence electrons. The predicted molar refractivity (Wildman–Crippen MR) is 118 cm³/mol. The summed E-state index contributed by atoms with van der Waals surface area (Å²) in [6, 6.07) is 4.73. The van der Waals surface area contributed by atoms with Crippen molar-refractivity contribution in [3.05, 3.63) is 65.7 Å². The third kappa shape index (κ3) is 6.22. The van der Waals surface area contributed by atoms with Gasteiger partial charge in [-0.3, -0.25) is 4.98 Å². The van der Waals surface area contributed by atoms with Gasteiger partial charge < -0.3 is 25.0 Å². The van der Waals surface area contributed by atoms with E-state index < -0.39 is 0 Å². The molecule has 4 aromatic rings. The van der Waals surface area contributed by atoms with Gasteiger partial charge in [0.15, 0.2) is 22.8 Å². The Kier molecular flexibility index (Phi) is 7.80. The first-order valence-corrected chi connectivity index (χ1v) is 11.0. The summed E-state index contributed by atoms with van der Waals surface area (Å²) >= 11 is 0. The Hall–Kier alpha value is -2.68. The Morgan fingerprint density at radius 1 is 1.09 bits per heavy atom. The zero-order chi connectivity index (χ0) is 21.8. The molecule has 0 atom stereocenters. The Morgan fingerprint density at radius 2 is 1.97 bits per heavy atom. The van der Waals surface area contributed by atoms with Crippen LogP contribution < -0.4 is 15.6 Å². The van der Waals surface area contributed by atoms with Crippen LogP contribution in [0.25, 0.3) is 11.1 Å². The van der Waals surface area contributed by atoms with Crippen molar-refractivity contribution in [1.29, 1.82) is 0 Å². The molecule has 33 heavy (non-hydrogen) atoms. The molecule has 4 aromatic heterocycles. The number of anilines is 1. The quantitative estimate of drug-likeness (QED) is 0.245. The third-order valence-corrected chi connectivity index (χ3v) is 5.48. The topological polar surface area (TPSA) is 103 Å². The summed E-state index contributed by atoms with van der Waals surface area (Å²) in [5.41, 5.74) is 2.73. The van der Waals surface area contributed by atoms with Crippen molar-refractivity contribution >= 4 is 16.9 Å². The molecule has 10 heteroatoms. The minimum absolute atomic E-state index is 0. The van der Waals surface area contributed by atoms with Gasteiger partial charge in [-0.15, -0.1) is 0 Å². The van der Waals surface area contributed by atoms with E-state index in [4.69, 9.17) is 4.42 Å². The Morgan fingerprint density at radius 3 is 2.82 bits per heavy atom. The van der Waals surface area contributed by atoms with Gasteiger partial charge >= 0.3 is 0 Å². The summed E-state index contributed by atoms with van der Waals surface area (Å²) in [7, 11) is 0. The first kappa shape index (κ1) is 23.5. The predicted octanol–water partition coefficient (Wildman–Crippen LogP) is 3.05. The molecular formula is C23H25FIrN7O-. The number of imidazole rings is 1. The maximum atomic E-state index is 13.8. The molecule has 0 saturated heterocycles. The van der Waals surface area contributed by atoms with E-state index >= 15 is 0 Å². The van der Waals surface area contributed by atoms with Crippen LogP contribution in [0.3, 0.4) is 0 Å². The molecule has 0 unspecified atom stereocenters. The molecule has 0 aromatic carbocycles. The largest absolute Gasteiger partial charge is 0.446 e. The number of fused-ring (bicyclic) bond motifs is 1. The van der Waals surface area contributed by atoms with Crippen LogP contribution in [-0.2, 0) is 45.9 Å². The van der Waals surface area contributed by atoms with E-state index in [1.165, 1.54) is 18.9 Å². The fourth-order valence-electron chi connectivity index (χ4n) is 3.58. The zero-order valence-electron chi connectivity index (χ0n) is 18.1. The molecular weight excluding hydrogens is 602 g/mol. The van der Waals surface area contributed by atoms with Gasteiger partial charge in [-0.2, -0.15) is 0 Å². The van der Waals surface area contributed by atoms with Crippen LogP contribution in [0.4, 0.5) is 10.2 Å². The number of aromatic nitrogens is 5. The van der Waals surface area contributed by atoms with Crippen molar-refractivity contribution in [2.75, 3.05) is 18.4 Å². The number of pyridine rings is 2. The molecule has 2 N–H and O–H groups in total. The van der Waals surface area contributed by atoms with E-state index in [9.17, 15) is 4.39 Å². The minimum atomic E-state index is -0.356. The van der Waals surface area contributed by atoms with Gasteiger partial charge in [-0.05, 0) is 50.3 Å². The van der Waals surface area contributed by atoms with Gasteiger partial charge in [0.05, 0.1) is 12.2 Å². The third-order valence-electron chi connectivity index (χ3n) is 5.48.